The Balaban J connectivity index is 1.13. The van der Waals surface area contributed by atoms with Crippen molar-refractivity contribution in [2.45, 2.75) is 16.3 Å². The molecule has 0 spiro atoms. The first-order chi connectivity index (χ1) is 18.2. The Labute approximate surface area is 220 Å². The molecule has 8 heteroatoms. The molecule has 0 aliphatic carbocycles. The number of morpholine rings is 1. The number of carbonyl (C=O) groups excluding carboxylic acids is 1. The largest absolute Gasteiger partial charge is 0.484 e. The van der Waals surface area contributed by atoms with E-state index in [-0.39, 0.29) is 12.5 Å². The van der Waals surface area contributed by atoms with Gasteiger partial charge in [-0.05, 0) is 60.2 Å². The highest BCUT2D eigenvalue weighted by molar-refractivity contribution is 7.99. The van der Waals surface area contributed by atoms with Crippen LogP contribution in [0.2, 0.25) is 0 Å². The fourth-order valence-corrected chi connectivity index (χ4v) is 4.73. The van der Waals surface area contributed by atoms with E-state index in [4.69, 9.17) is 14.5 Å². The van der Waals surface area contributed by atoms with Crippen molar-refractivity contribution in [3.8, 4) is 5.75 Å². The molecule has 1 aliphatic rings. The maximum Gasteiger partial charge on any atom is 0.262 e. The van der Waals surface area contributed by atoms with Crippen molar-refractivity contribution in [2.75, 3.05) is 43.1 Å². The lowest BCUT2D eigenvalue weighted by atomic mass is 10.1. The Hall–Kier alpha value is -3.88. The second-order valence-electron chi connectivity index (χ2n) is 8.53. The third kappa shape index (κ3) is 7.31. The normalized spacial score (nSPS) is 13.2. The van der Waals surface area contributed by atoms with Gasteiger partial charge >= 0.3 is 0 Å². The molecule has 0 unspecified atom stereocenters. The average molecular weight is 513 g/mol. The Bertz CT molecular complexity index is 1300. The lowest BCUT2D eigenvalue weighted by Crippen LogP contribution is -2.36. The second-order valence-corrected chi connectivity index (χ2v) is 9.62. The van der Waals surface area contributed by atoms with Gasteiger partial charge in [0.05, 0.1) is 13.2 Å². The van der Waals surface area contributed by atoms with E-state index in [9.17, 15) is 4.79 Å². The zero-order valence-corrected chi connectivity index (χ0v) is 21.2. The molecule has 1 N–H and O–H groups in total. The molecule has 1 aromatic heterocycles. The van der Waals surface area contributed by atoms with Gasteiger partial charge in [-0.3, -0.25) is 4.79 Å². The summed E-state index contributed by atoms with van der Waals surface area (Å²) in [5.41, 5.74) is 3.12. The number of nitrogens with one attached hydrogen (secondary N) is 1. The lowest BCUT2D eigenvalue weighted by molar-refractivity contribution is -0.118. The molecule has 0 bridgehead atoms. The number of benzene rings is 3. The van der Waals surface area contributed by atoms with Crippen molar-refractivity contribution in [3.63, 3.8) is 0 Å². The van der Waals surface area contributed by atoms with Crippen LogP contribution in [0.1, 0.15) is 11.4 Å². The highest BCUT2D eigenvalue weighted by atomic mass is 32.2. The number of amides is 1. The summed E-state index contributed by atoms with van der Waals surface area (Å²) in [6, 6.07) is 27.5. The highest BCUT2D eigenvalue weighted by Gasteiger charge is 2.11. The minimum Gasteiger partial charge on any atom is -0.484 e. The topological polar surface area (TPSA) is 76.6 Å². The number of hydrogen-bond acceptors (Lipinski definition) is 7. The van der Waals surface area contributed by atoms with Crippen LogP contribution >= 0.6 is 11.8 Å². The van der Waals surface area contributed by atoms with Crippen LogP contribution in [0.25, 0.3) is 0 Å². The molecule has 1 saturated heterocycles. The Morgan fingerprint density at radius 3 is 2.46 bits per heavy atom. The van der Waals surface area contributed by atoms with Crippen LogP contribution in [-0.2, 0) is 16.0 Å². The quantitative estimate of drug-likeness (QED) is 0.314. The summed E-state index contributed by atoms with van der Waals surface area (Å²) in [6.07, 6.45) is 2.47. The average Bonchev–Trinajstić information content (AvgIpc) is 2.95. The van der Waals surface area contributed by atoms with Gasteiger partial charge in [-0.1, -0.05) is 42.1 Å². The van der Waals surface area contributed by atoms with Gasteiger partial charge in [0, 0.05) is 42.0 Å². The second kappa shape index (κ2) is 12.4. The molecule has 0 atom stereocenters. The first-order valence-corrected chi connectivity index (χ1v) is 13.0. The number of aromatic nitrogens is 2. The molecule has 0 radical (unpaired) electrons. The molecule has 0 saturated carbocycles. The van der Waals surface area contributed by atoms with Crippen molar-refractivity contribution in [1.29, 1.82) is 0 Å². The summed E-state index contributed by atoms with van der Waals surface area (Å²) in [6.45, 7) is 3.37. The van der Waals surface area contributed by atoms with Gasteiger partial charge in [-0.25, -0.2) is 9.97 Å². The SMILES string of the molecule is O=C(COc1ccccc1)Nc1ccc(Sc2ccnc(Cc3ccc(N4CCOCC4)cc3)n2)cc1. The summed E-state index contributed by atoms with van der Waals surface area (Å²) in [5, 5.41) is 3.73. The van der Waals surface area contributed by atoms with Gasteiger partial charge in [0.2, 0.25) is 0 Å². The zero-order chi connectivity index (χ0) is 25.3. The fraction of sp³-hybridized carbons (Fsp3) is 0.207. The van der Waals surface area contributed by atoms with Crippen LogP contribution in [-0.4, -0.2) is 48.8 Å². The Morgan fingerprint density at radius 2 is 1.70 bits per heavy atom. The van der Waals surface area contributed by atoms with E-state index in [2.05, 4.69) is 39.5 Å². The number of nitrogens with zero attached hydrogens (tertiary/aromatic N) is 3. The van der Waals surface area contributed by atoms with E-state index in [1.165, 1.54) is 11.3 Å². The van der Waals surface area contributed by atoms with Crippen molar-refractivity contribution in [3.05, 3.63) is 103 Å². The van der Waals surface area contributed by atoms with Crippen molar-refractivity contribution >= 4 is 29.0 Å². The minimum absolute atomic E-state index is 0.0415. The van der Waals surface area contributed by atoms with Gasteiger partial charge in [-0.2, -0.15) is 0 Å². The summed E-state index contributed by atoms with van der Waals surface area (Å²) in [7, 11) is 0. The number of para-hydroxylation sites is 1. The third-order valence-corrected chi connectivity index (χ3v) is 6.77. The van der Waals surface area contributed by atoms with E-state index in [0.717, 1.165) is 47.7 Å². The van der Waals surface area contributed by atoms with Crippen molar-refractivity contribution < 1.29 is 14.3 Å². The van der Waals surface area contributed by atoms with Gasteiger partial charge in [-0.15, -0.1) is 0 Å². The molecule has 1 fully saturated rings. The minimum atomic E-state index is -0.206. The zero-order valence-electron chi connectivity index (χ0n) is 20.4. The van der Waals surface area contributed by atoms with Crippen LogP contribution in [0.4, 0.5) is 11.4 Å². The molecule has 2 heterocycles. The summed E-state index contributed by atoms with van der Waals surface area (Å²) in [4.78, 5) is 24.8. The van der Waals surface area contributed by atoms with E-state index < -0.39 is 0 Å². The molecular weight excluding hydrogens is 484 g/mol. The number of rotatable bonds is 9. The van der Waals surface area contributed by atoms with E-state index in [0.29, 0.717) is 12.2 Å². The molecule has 5 rings (SSSR count). The standard InChI is InChI=1S/C29H28N4O3S/c34-28(21-36-25-4-2-1-3-5-25)31-23-8-12-26(13-9-23)37-29-14-15-30-27(32-29)20-22-6-10-24(11-7-22)33-16-18-35-19-17-33/h1-15H,16-21H2,(H,31,34). The molecule has 188 valence electrons. The Kier molecular flexibility index (Phi) is 8.30. The van der Waals surface area contributed by atoms with E-state index in [1.54, 1.807) is 18.0 Å². The number of anilines is 2. The summed E-state index contributed by atoms with van der Waals surface area (Å²) < 4.78 is 10.9. The molecule has 3 aromatic carbocycles. The fourth-order valence-electron chi connectivity index (χ4n) is 3.94. The van der Waals surface area contributed by atoms with Crippen molar-refractivity contribution in [2.24, 2.45) is 0 Å². The molecular formula is C29H28N4O3S. The number of hydrogen-bond donors (Lipinski definition) is 1. The third-order valence-electron chi connectivity index (χ3n) is 5.83. The monoisotopic (exact) mass is 512 g/mol. The molecule has 37 heavy (non-hydrogen) atoms. The van der Waals surface area contributed by atoms with Gasteiger partial charge < -0.3 is 19.7 Å². The maximum absolute atomic E-state index is 12.2. The van der Waals surface area contributed by atoms with Gasteiger partial charge in [0.25, 0.3) is 5.91 Å². The maximum atomic E-state index is 12.2. The highest BCUT2D eigenvalue weighted by Crippen LogP contribution is 2.27. The lowest BCUT2D eigenvalue weighted by Gasteiger charge is -2.28. The van der Waals surface area contributed by atoms with Crippen molar-refractivity contribution in [1.82, 2.24) is 9.97 Å². The smallest absolute Gasteiger partial charge is 0.262 e. The molecule has 4 aromatic rings. The van der Waals surface area contributed by atoms with E-state index in [1.807, 2.05) is 60.7 Å². The molecule has 1 aliphatic heterocycles. The van der Waals surface area contributed by atoms with Crippen LogP contribution in [0, 0.1) is 0 Å². The van der Waals surface area contributed by atoms with Gasteiger partial charge in [0.15, 0.2) is 6.61 Å². The predicted molar refractivity (Wildman–Crippen MR) is 145 cm³/mol. The van der Waals surface area contributed by atoms with Crippen LogP contribution in [0.3, 0.4) is 0 Å². The summed E-state index contributed by atoms with van der Waals surface area (Å²) >= 11 is 1.56. The number of ether oxygens (including phenoxy) is 2. The molecule has 7 nitrogen and oxygen atoms in total. The van der Waals surface area contributed by atoms with Crippen LogP contribution in [0.15, 0.2) is 101 Å². The Morgan fingerprint density at radius 1 is 0.946 bits per heavy atom. The predicted octanol–water partition coefficient (Wildman–Crippen LogP) is 5.07. The van der Waals surface area contributed by atoms with Crippen LogP contribution in [0.5, 0.6) is 5.75 Å². The van der Waals surface area contributed by atoms with E-state index >= 15 is 0 Å². The van der Waals surface area contributed by atoms with Gasteiger partial charge in [0.1, 0.15) is 16.6 Å². The first kappa shape index (κ1) is 24.8. The molecule has 1 amide bonds. The summed E-state index contributed by atoms with van der Waals surface area (Å²) in [5.74, 6) is 1.24. The van der Waals surface area contributed by atoms with Crippen LogP contribution < -0.4 is 15.0 Å². The number of carbonyl (C=O) groups is 1. The first-order valence-electron chi connectivity index (χ1n) is 12.2.